The maximum absolute atomic E-state index is 6.52. The third-order valence-electron chi connectivity index (χ3n) is 5.47. The minimum Gasteiger partial charge on any atom is -0.480 e. The molecule has 4 aromatic rings. The van der Waals surface area contributed by atoms with Gasteiger partial charge in [0.1, 0.15) is 17.9 Å². The van der Waals surface area contributed by atoms with Crippen molar-refractivity contribution in [1.82, 2.24) is 25.2 Å². The maximum Gasteiger partial charge on any atom is 0.248 e. The summed E-state index contributed by atoms with van der Waals surface area (Å²) < 4.78 is 8.27. The molecule has 31 heavy (non-hydrogen) atoms. The summed E-state index contributed by atoms with van der Waals surface area (Å²) in [5.74, 6) is 1.26. The number of ether oxygens (including phenoxy) is 1. The van der Waals surface area contributed by atoms with Gasteiger partial charge in [-0.15, -0.1) is 0 Å². The normalized spacial score (nSPS) is 19.0. The molecule has 1 N–H and O–H groups in total. The predicted molar refractivity (Wildman–Crippen MR) is 117 cm³/mol. The molecule has 4 heterocycles. The molecule has 2 aliphatic rings. The van der Waals surface area contributed by atoms with Crippen molar-refractivity contribution in [2.24, 2.45) is 0 Å². The van der Waals surface area contributed by atoms with E-state index in [0.29, 0.717) is 16.0 Å². The largest absolute Gasteiger partial charge is 0.480 e. The Kier molecular flexibility index (Phi) is 4.19. The Bertz CT molecular complexity index is 1320. The van der Waals surface area contributed by atoms with Gasteiger partial charge in [0.15, 0.2) is 0 Å². The van der Waals surface area contributed by atoms with Gasteiger partial charge in [0, 0.05) is 33.6 Å². The Hall–Kier alpha value is -3.42. The molecule has 2 atom stereocenters. The average Bonchev–Trinajstić information content (AvgIpc) is 3.27. The lowest BCUT2D eigenvalue weighted by atomic mass is 9.85. The monoisotopic (exact) mass is 448 g/mol. The van der Waals surface area contributed by atoms with Crippen LogP contribution < -0.4 is 10.1 Å². The van der Waals surface area contributed by atoms with E-state index in [9.17, 15) is 0 Å². The molecule has 0 unspecified atom stereocenters. The van der Waals surface area contributed by atoms with E-state index in [4.69, 9.17) is 27.9 Å². The molecule has 2 aromatic carbocycles. The summed E-state index contributed by atoms with van der Waals surface area (Å²) in [6.07, 6.45) is 3.16. The minimum absolute atomic E-state index is 0.317. The molecule has 6 rings (SSSR count). The molecule has 0 amide bonds. The van der Waals surface area contributed by atoms with Gasteiger partial charge in [0.05, 0.1) is 5.70 Å². The lowest BCUT2D eigenvalue weighted by Gasteiger charge is -2.38. The second-order valence-electron chi connectivity index (χ2n) is 7.28. The summed E-state index contributed by atoms with van der Waals surface area (Å²) in [7, 11) is 0. The van der Waals surface area contributed by atoms with Crippen molar-refractivity contribution < 1.29 is 4.74 Å². The van der Waals surface area contributed by atoms with Gasteiger partial charge >= 0.3 is 0 Å². The van der Waals surface area contributed by atoms with E-state index in [1.54, 1.807) is 10.9 Å². The molecule has 0 fully saturated rings. The molecule has 7 nitrogen and oxygen atoms in total. The fourth-order valence-electron chi connectivity index (χ4n) is 4.13. The number of rotatable bonds is 2. The Morgan fingerprint density at radius 3 is 2.61 bits per heavy atom. The molecule has 0 bridgehead atoms. The molecule has 0 radical (unpaired) electrons. The van der Waals surface area contributed by atoms with Gasteiger partial charge in [-0.3, -0.25) is 4.98 Å². The Labute approximate surface area is 187 Å². The molecular formula is C22H14Cl2N6O. The van der Waals surface area contributed by atoms with Crippen molar-refractivity contribution in [2.45, 2.75) is 12.1 Å². The van der Waals surface area contributed by atoms with Crippen LogP contribution in [0.25, 0.3) is 5.70 Å². The summed E-state index contributed by atoms with van der Waals surface area (Å²) in [5, 5.41) is 17.0. The van der Waals surface area contributed by atoms with Gasteiger partial charge in [-0.2, -0.15) is 4.68 Å². The highest BCUT2D eigenvalue weighted by Gasteiger charge is 2.41. The van der Waals surface area contributed by atoms with Crippen LogP contribution in [0.2, 0.25) is 10.0 Å². The van der Waals surface area contributed by atoms with Crippen LogP contribution >= 0.6 is 23.2 Å². The zero-order valence-corrected chi connectivity index (χ0v) is 17.4. The van der Waals surface area contributed by atoms with E-state index in [2.05, 4.69) is 25.8 Å². The molecule has 0 spiro atoms. The number of anilines is 1. The third kappa shape index (κ3) is 2.97. The number of halogens is 2. The van der Waals surface area contributed by atoms with Crippen molar-refractivity contribution in [3.05, 3.63) is 99.3 Å². The number of benzene rings is 2. The number of hydrogen-bond donors (Lipinski definition) is 1. The zero-order chi connectivity index (χ0) is 20.9. The fraction of sp³-hybridized carbons (Fsp3) is 0.0909. The highest BCUT2D eigenvalue weighted by molar-refractivity contribution is 6.31. The number of hydrogen-bond acceptors (Lipinski definition) is 6. The summed E-state index contributed by atoms with van der Waals surface area (Å²) in [6.45, 7) is 0. The first-order valence-corrected chi connectivity index (χ1v) is 10.4. The van der Waals surface area contributed by atoms with Crippen molar-refractivity contribution in [2.75, 3.05) is 5.32 Å². The van der Waals surface area contributed by atoms with Crippen molar-refractivity contribution in [3.8, 4) is 5.75 Å². The summed E-state index contributed by atoms with van der Waals surface area (Å²) in [5.41, 5.74) is 4.60. The van der Waals surface area contributed by atoms with Gasteiger partial charge in [-0.25, -0.2) is 0 Å². The molecule has 2 aromatic heterocycles. The Morgan fingerprint density at radius 1 is 0.968 bits per heavy atom. The highest BCUT2D eigenvalue weighted by atomic mass is 35.5. The van der Waals surface area contributed by atoms with Crippen LogP contribution in [0.5, 0.6) is 5.75 Å². The van der Waals surface area contributed by atoms with Crippen molar-refractivity contribution in [1.29, 1.82) is 0 Å². The highest BCUT2D eigenvalue weighted by Crippen LogP contribution is 2.50. The first kappa shape index (κ1) is 18.4. The van der Waals surface area contributed by atoms with Crippen molar-refractivity contribution in [3.63, 3.8) is 0 Å². The topological polar surface area (TPSA) is 77.8 Å². The second kappa shape index (κ2) is 7.08. The van der Waals surface area contributed by atoms with Crippen LogP contribution in [-0.2, 0) is 0 Å². The molecule has 9 heteroatoms. The van der Waals surface area contributed by atoms with Crippen LogP contribution in [-0.4, -0.2) is 25.2 Å². The predicted octanol–water partition coefficient (Wildman–Crippen LogP) is 4.93. The van der Waals surface area contributed by atoms with Gasteiger partial charge in [-0.1, -0.05) is 46.5 Å². The number of nitrogens with one attached hydrogen (secondary N) is 1. The number of pyridine rings is 1. The van der Waals surface area contributed by atoms with Crippen molar-refractivity contribution >= 4 is 34.8 Å². The Morgan fingerprint density at radius 2 is 1.81 bits per heavy atom. The Balaban J connectivity index is 1.64. The summed E-state index contributed by atoms with van der Waals surface area (Å²) in [6, 6.07) is 16.8. The van der Waals surface area contributed by atoms with E-state index in [1.165, 1.54) is 0 Å². The SMILES string of the molecule is Clc1ccc([C@H]2Oc3ccc(Cl)cc3C3=C2[C@@H](c2cccnc2)n2nnnc2N3)cc1. The van der Waals surface area contributed by atoms with Gasteiger partial charge < -0.3 is 10.1 Å². The number of nitrogens with zero attached hydrogens (tertiary/aromatic N) is 5. The lowest BCUT2D eigenvalue weighted by molar-refractivity contribution is 0.222. The van der Waals surface area contributed by atoms with Gasteiger partial charge in [0.2, 0.25) is 5.95 Å². The quantitative estimate of drug-likeness (QED) is 0.468. The molecular weight excluding hydrogens is 435 g/mol. The van der Waals surface area contributed by atoms with E-state index in [-0.39, 0.29) is 6.04 Å². The van der Waals surface area contributed by atoms with E-state index >= 15 is 0 Å². The maximum atomic E-state index is 6.52. The second-order valence-corrected chi connectivity index (χ2v) is 8.15. The fourth-order valence-corrected chi connectivity index (χ4v) is 4.43. The number of aromatic nitrogens is 5. The zero-order valence-electron chi connectivity index (χ0n) is 15.9. The first-order valence-electron chi connectivity index (χ1n) is 9.60. The third-order valence-corrected chi connectivity index (χ3v) is 5.96. The first-order chi connectivity index (χ1) is 15.2. The van der Waals surface area contributed by atoms with Crippen LogP contribution in [0, 0.1) is 0 Å². The molecule has 2 aliphatic heterocycles. The van der Waals surface area contributed by atoms with E-state index in [0.717, 1.165) is 33.7 Å². The number of fused-ring (bicyclic) bond motifs is 3. The van der Waals surface area contributed by atoms with Crippen LogP contribution in [0.1, 0.15) is 28.8 Å². The van der Waals surface area contributed by atoms with Crippen LogP contribution in [0.3, 0.4) is 0 Å². The minimum atomic E-state index is -0.393. The van der Waals surface area contributed by atoms with E-state index in [1.807, 2.05) is 60.8 Å². The number of tetrazole rings is 1. The van der Waals surface area contributed by atoms with Crippen LogP contribution in [0.15, 0.2) is 72.6 Å². The van der Waals surface area contributed by atoms with Crippen LogP contribution in [0.4, 0.5) is 5.95 Å². The smallest absolute Gasteiger partial charge is 0.248 e. The van der Waals surface area contributed by atoms with E-state index < -0.39 is 6.10 Å². The molecule has 152 valence electrons. The lowest BCUT2D eigenvalue weighted by Crippen LogP contribution is -2.32. The molecule has 0 saturated heterocycles. The average molecular weight is 449 g/mol. The molecule has 0 aliphatic carbocycles. The summed E-state index contributed by atoms with van der Waals surface area (Å²) >= 11 is 12.5. The standard InChI is InChI=1S/C22H14Cl2N6O/c23-14-5-3-12(4-6-14)21-18-19(16-10-15(24)7-8-17(16)31-21)26-22-27-28-29-30(22)20(18)13-2-1-9-25-11-13/h1-11,20-21H,(H,26,27,29)/t20-,21-/m1/s1. The van der Waals surface area contributed by atoms with Gasteiger partial charge in [-0.05, 0) is 58.0 Å². The van der Waals surface area contributed by atoms with Gasteiger partial charge in [0.25, 0.3) is 0 Å². The summed E-state index contributed by atoms with van der Waals surface area (Å²) in [4.78, 5) is 4.32. The molecule has 0 saturated carbocycles.